The first-order valence-corrected chi connectivity index (χ1v) is 7.14. The van der Waals surface area contributed by atoms with E-state index in [4.69, 9.17) is 16.3 Å². The van der Waals surface area contributed by atoms with Gasteiger partial charge in [-0.1, -0.05) is 24.6 Å². The molecule has 1 aromatic carbocycles. The topological polar surface area (TPSA) is 34.1 Å². The highest BCUT2D eigenvalue weighted by Gasteiger charge is 2.04. The van der Waals surface area contributed by atoms with Crippen molar-refractivity contribution in [1.82, 2.24) is 10.3 Å². The van der Waals surface area contributed by atoms with Crippen LogP contribution in [0.25, 0.3) is 0 Å². The first-order valence-electron chi connectivity index (χ1n) is 5.97. The third kappa shape index (κ3) is 4.20. The summed E-state index contributed by atoms with van der Waals surface area (Å²) in [6.07, 6.45) is 1.81. The Kier molecular flexibility index (Phi) is 5.19. The lowest BCUT2D eigenvalue weighted by Crippen LogP contribution is -2.11. The zero-order chi connectivity index (χ0) is 13.7. The Morgan fingerprint density at radius 2 is 2.16 bits per heavy atom. The van der Waals surface area contributed by atoms with Crippen LogP contribution in [-0.2, 0) is 6.54 Å². The van der Waals surface area contributed by atoms with E-state index in [0.717, 1.165) is 23.1 Å². The van der Waals surface area contributed by atoms with Gasteiger partial charge < -0.3 is 10.1 Å². The van der Waals surface area contributed by atoms with Gasteiger partial charge in [0.25, 0.3) is 0 Å². The smallest absolute Gasteiger partial charge is 0.219 e. The molecule has 0 aliphatic rings. The minimum absolute atomic E-state index is 0.559. The summed E-state index contributed by atoms with van der Waals surface area (Å²) >= 11 is 9.29. The number of aromatic nitrogens is 1. The van der Waals surface area contributed by atoms with Crippen molar-refractivity contribution in [3.63, 3.8) is 0 Å². The number of halogens is 2. The Hall–Kier alpha value is -1.10. The van der Waals surface area contributed by atoms with E-state index in [2.05, 4.69) is 33.2 Å². The molecule has 0 unspecified atom stereocenters. The number of pyridine rings is 1. The average Bonchev–Trinajstić information content (AvgIpc) is 2.41. The quantitative estimate of drug-likeness (QED) is 0.875. The lowest BCUT2D eigenvalue weighted by Gasteiger charge is -2.08. The molecule has 3 nitrogen and oxygen atoms in total. The summed E-state index contributed by atoms with van der Waals surface area (Å²) in [7, 11) is 0. The standard InChI is InChI=1S/C14H14BrClN2O/c1-2-17-8-10-3-6-14(18-9-10)19-13-5-4-11(16)7-12(13)15/h3-7,9,17H,2,8H2,1H3. The van der Waals surface area contributed by atoms with Crippen molar-refractivity contribution < 1.29 is 4.74 Å². The van der Waals surface area contributed by atoms with Gasteiger partial charge in [0, 0.05) is 23.8 Å². The summed E-state index contributed by atoms with van der Waals surface area (Å²) in [6.45, 7) is 3.83. The number of ether oxygens (including phenoxy) is 1. The molecule has 0 spiro atoms. The summed E-state index contributed by atoms with van der Waals surface area (Å²) in [5, 5.41) is 3.91. The van der Waals surface area contributed by atoms with Gasteiger partial charge in [-0.05, 0) is 46.2 Å². The highest BCUT2D eigenvalue weighted by atomic mass is 79.9. The van der Waals surface area contributed by atoms with Gasteiger partial charge in [0.1, 0.15) is 5.75 Å². The molecule has 2 rings (SSSR count). The summed E-state index contributed by atoms with van der Waals surface area (Å²) < 4.78 is 6.49. The van der Waals surface area contributed by atoms with Crippen LogP contribution in [0.3, 0.4) is 0 Å². The molecule has 0 fully saturated rings. The van der Waals surface area contributed by atoms with E-state index in [1.165, 1.54) is 0 Å². The van der Waals surface area contributed by atoms with E-state index in [0.29, 0.717) is 16.7 Å². The van der Waals surface area contributed by atoms with Crippen molar-refractivity contribution in [1.29, 1.82) is 0 Å². The lowest BCUT2D eigenvalue weighted by molar-refractivity contribution is 0.459. The van der Waals surface area contributed by atoms with Gasteiger partial charge in [0.2, 0.25) is 5.88 Å². The van der Waals surface area contributed by atoms with Crippen LogP contribution in [0.1, 0.15) is 12.5 Å². The van der Waals surface area contributed by atoms with Crippen LogP contribution in [0.15, 0.2) is 41.0 Å². The number of nitrogens with one attached hydrogen (secondary N) is 1. The second kappa shape index (κ2) is 6.89. The molecule has 1 aromatic heterocycles. The predicted octanol–water partition coefficient (Wildman–Crippen LogP) is 4.40. The van der Waals surface area contributed by atoms with Crippen molar-refractivity contribution in [2.45, 2.75) is 13.5 Å². The van der Waals surface area contributed by atoms with Crippen LogP contribution in [-0.4, -0.2) is 11.5 Å². The number of rotatable bonds is 5. The van der Waals surface area contributed by atoms with E-state index in [1.807, 2.05) is 18.3 Å². The zero-order valence-corrected chi connectivity index (χ0v) is 12.8. The Morgan fingerprint density at radius 1 is 1.32 bits per heavy atom. The molecule has 0 saturated carbocycles. The van der Waals surface area contributed by atoms with Crippen molar-refractivity contribution in [3.05, 3.63) is 51.6 Å². The van der Waals surface area contributed by atoms with Crippen LogP contribution in [0.5, 0.6) is 11.6 Å². The molecule has 0 radical (unpaired) electrons. The normalized spacial score (nSPS) is 10.5. The van der Waals surface area contributed by atoms with Crippen LogP contribution in [0.2, 0.25) is 5.02 Å². The minimum Gasteiger partial charge on any atom is -0.438 e. The molecule has 2 aromatic rings. The Morgan fingerprint density at radius 3 is 2.79 bits per heavy atom. The van der Waals surface area contributed by atoms with Crippen molar-refractivity contribution in [2.75, 3.05) is 6.54 Å². The number of benzene rings is 1. The first-order chi connectivity index (χ1) is 9.19. The monoisotopic (exact) mass is 340 g/mol. The molecule has 0 atom stereocenters. The fourth-order valence-electron chi connectivity index (χ4n) is 1.52. The van der Waals surface area contributed by atoms with Gasteiger partial charge >= 0.3 is 0 Å². The second-order valence-corrected chi connectivity index (χ2v) is 5.25. The highest BCUT2D eigenvalue weighted by Crippen LogP contribution is 2.31. The van der Waals surface area contributed by atoms with E-state index in [9.17, 15) is 0 Å². The zero-order valence-electron chi connectivity index (χ0n) is 10.5. The maximum Gasteiger partial charge on any atom is 0.219 e. The summed E-state index contributed by atoms with van der Waals surface area (Å²) in [5.41, 5.74) is 1.13. The van der Waals surface area contributed by atoms with E-state index in [1.54, 1.807) is 18.2 Å². The Bertz CT molecular complexity index is 546. The molecule has 1 N–H and O–H groups in total. The van der Waals surface area contributed by atoms with Gasteiger partial charge in [-0.3, -0.25) is 0 Å². The maximum atomic E-state index is 5.88. The molecule has 0 amide bonds. The Labute approximate surface area is 126 Å². The molecular weight excluding hydrogens is 328 g/mol. The molecule has 0 aliphatic heterocycles. The largest absolute Gasteiger partial charge is 0.438 e. The molecular formula is C14H14BrClN2O. The molecule has 5 heteroatoms. The van der Waals surface area contributed by atoms with Crippen LogP contribution in [0, 0.1) is 0 Å². The van der Waals surface area contributed by atoms with E-state index < -0.39 is 0 Å². The number of hydrogen-bond acceptors (Lipinski definition) is 3. The second-order valence-electron chi connectivity index (χ2n) is 3.96. The fraction of sp³-hybridized carbons (Fsp3) is 0.214. The van der Waals surface area contributed by atoms with Crippen LogP contribution in [0.4, 0.5) is 0 Å². The third-order valence-electron chi connectivity index (χ3n) is 2.49. The van der Waals surface area contributed by atoms with Gasteiger partial charge in [-0.15, -0.1) is 0 Å². The molecule has 0 aliphatic carbocycles. The molecule has 0 bridgehead atoms. The first kappa shape index (κ1) is 14.3. The van der Waals surface area contributed by atoms with Gasteiger partial charge in [0.15, 0.2) is 0 Å². The van der Waals surface area contributed by atoms with Gasteiger partial charge in [-0.2, -0.15) is 0 Å². The van der Waals surface area contributed by atoms with Crippen LogP contribution >= 0.6 is 27.5 Å². The molecule has 19 heavy (non-hydrogen) atoms. The third-order valence-corrected chi connectivity index (χ3v) is 3.34. The maximum absolute atomic E-state index is 5.88. The molecule has 100 valence electrons. The average molecular weight is 342 g/mol. The predicted molar refractivity (Wildman–Crippen MR) is 80.8 cm³/mol. The van der Waals surface area contributed by atoms with E-state index in [-0.39, 0.29) is 0 Å². The molecule has 1 heterocycles. The van der Waals surface area contributed by atoms with Gasteiger partial charge in [0.05, 0.1) is 4.47 Å². The summed E-state index contributed by atoms with van der Waals surface area (Å²) in [6, 6.07) is 9.22. The van der Waals surface area contributed by atoms with Crippen molar-refractivity contribution in [2.24, 2.45) is 0 Å². The van der Waals surface area contributed by atoms with Crippen molar-refractivity contribution >= 4 is 27.5 Å². The number of hydrogen-bond donors (Lipinski definition) is 1. The van der Waals surface area contributed by atoms with Gasteiger partial charge in [-0.25, -0.2) is 4.98 Å². The number of nitrogens with zero attached hydrogens (tertiary/aromatic N) is 1. The summed E-state index contributed by atoms with van der Waals surface area (Å²) in [5.74, 6) is 1.25. The van der Waals surface area contributed by atoms with Crippen LogP contribution < -0.4 is 10.1 Å². The lowest BCUT2D eigenvalue weighted by atomic mass is 10.3. The summed E-state index contributed by atoms with van der Waals surface area (Å²) in [4.78, 5) is 4.27. The van der Waals surface area contributed by atoms with Crippen molar-refractivity contribution in [3.8, 4) is 11.6 Å². The minimum atomic E-state index is 0.559. The Balaban J connectivity index is 2.06. The highest BCUT2D eigenvalue weighted by molar-refractivity contribution is 9.10. The van der Waals surface area contributed by atoms with E-state index >= 15 is 0 Å². The SMILES string of the molecule is CCNCc1ccc(Oc2ccc(Cl)cc2Br)nc1. The fourth-order valence-corrected chi connectivity index (χ4v) is 2.28. The molecule has 0 saturated heterocycles.